The fourth-order valence-corrected chi connectivity index (χ4v) is 4.17. The summed E-state index contributed by atoms with van der Waals surface area (Å²) < 4.78 is 0. The van der Waals surface area contributed by atoms with Crippen LogP contribution in [-0.4, -0.2) is 46.7 Å². The summed E-state index contributed by atoms with van der Waals surface area (Å²) in [6, 6.07) is 0.581. The van der Waals surface area contributed by atoms with Crippen molar-refractivity contribution in [2.24, 2.45) is 5.92 Å². The predicted molar refractivity (Wildman–Crippen MR) is 73.7 cm³/mol. The first-order valence-corrected chi connectivity index (χ1v) is 7.88. The minimum atomic E-state index is -0.601. The molecule has 1 amide bonds. The second-order valence-electron chi connectivity index (χ2n) is 6.77. The van der Waals surface area contributed by atoms with Gasteiger partial charge in [0.2, 0.25) is 5.91 Å². The summed E-state index contributed by atoms with van der Waals surface area (Å²) in [5, 5.41) is 13.7. The second kappa shape index (κ2) is 5.06. The first-order chi connectivity index (χ1) is 9.11. The van der Waals surface area contributed by atoms with Gasteiger partial charge >= 0.3 is 0 Å². The zero-order chi connectivity index (χ0) is 13.5. The number of likely N-dealkylation sites (tertiary alicyclic amines) is 1. The highest BCUT2D eigenvalue weighted by Crippen LogP contribution is 2.35. The summed E-state index contributed by atoms with van der Waals surface area (Å²) >= 11 is 0. The average Bonchev–Trinajstić information content (AvgIpc) is 2.79. The van der Waals surface area contributed by atoms with Gasteiger partial charge in [-0.25, -0.2) is 0 Å². The highest BCUT2D eigenvalue weighted by atomic mass is 16.3. The van der Waals surface area contributed by atoms with E-state index in [1.807, 2.05) is 4.90 Å². The SMILES string of the molecule is CCCC1(O)CN(C(=O)C2CC3CCCCC3N2)C1. The van der Waals surface area contributed by atoms with Crippen LogP contribution in [0.5, 0.6) is 0 Å². The van der Waals surface area contributed by atoms with Crippen molar-refractivity contribution in [3.63, 3.8) is 0 Å². The zero-order valence-corrected chi connectivity index (χ0v) is 11.9. The smallest absolute Gasteiger partial charge is 0.239 e. The Morgan fingerprint density at radius 2 is 2.11 bits per heavy atom. The van der Waals surface area contributed by atoms with Crippen molar-refractivity contribution in [2.75, 3.05) is 13.1 Å². The molecular weight excluding hydrogens is 240 g/mol. The number of fused-ring (bicyclic) bond motifs is 1. The Morgan fingerprint density at radius 3 is 2.79 bits per heavy atom. The van der Waals surface area contributed by atoms with Crippen LogP contribution in [0.3, 0.4) is 0 Å². The Balaban J connectivity index is 1.52. The Bertz CT molecular complexity index is 338. The van der Waals surface area contributed by atoms with E-state index in [1.165, 1.54) is 25.7 Å². The van der Waals surface area contributed by atoms with Crippen LogP contribution in [0.25, 0.3) is 0 Å². The quantitative estimate of drug-likeness (QED) is 0.809. The van der Waals surface area contributed by atoms with Crippen LogP contribution in [0.15, 0.2) is 0 Å². The molecule has 19 heavy (non-hydrogen) atoms. The summed E-state index contributed by atoms with van der Waals surface area (Å²) in [6.07, 6.45) is 7.92. The molecule has 3 atom stereocenters. The van der Waals surface area contributed by atoms with E-state index >= 15 is 0 Å². The van der Waals surface area contributed by atoms with Crippen molar-refractivity contribution in [2.45, 2.75) is 69.6 Å². The van der Waals surface area contributed by atoms with Gasteiger partial charge in [-0.15, -0.1) is 0 Å². The molecule has 0 bridgehead atoms. The Kier molecular flexibility index (Phi) is 3.56. The van der Waals surface area contributed by atoms with Crippen LogP contribution < -0.4 is 5.32 Å². The molecule has 2 heterocycles. The summed E-state index contributed by atoms with van der Waals surface area (Å²) in [5.41, 5.74) is -0.601. The van der Waals surface area contributed by atoms with Crippen LogP contribution in [0, 0.1) is 5.92 Å². The van der Waals surface area contributed by atoms with E-state index in [-0.39, 0.29) is 11.9 Å². The van der Waals surface area contributed by atoms with Gasteiger partial charge in [-0.3, -0.25) is 4.79 Å². The van der Waals surface area contributed by atoms with Crippen molar-refractivity contribution in [3.8, 4) is 0 Å². The molecule has 0 spiro atoms. The van der Waals surface area contributed by atoms with Crippen molar-refractivity contribution < 1.29 is 9.90 Å². The average molecular weight is 266 g/mol. The molecule has 3 fully saturated rings. The molecule has 3 unspecified atom stereocenters. The molecule has 4 heteroatoms. The lowest BCUT2D eigenvalue weighted by Crippen LogP contribution is -2.65. The third-order valence-electron chi connectivity index (χ3n) is 5.16. The van der Waals surface area contributed by atoms with E-state index in [1.54, 1.807) is 0 Å². The van der Waals surface area contributed by atoms with E-state index in [9.17, 15) is 9.90 Å². The Labute approximate surface area is 115 Å². The molecule has 0 aromatic rings. The standard InChI is InChI=1S/C15H26N2O2/c1-2-7-15(19)9-17(10-15)14(18)13-8-11-5-3-4-6-12(11)16-13/h11-13,16,19H,2-10H2,1H3. The van der Waals surface area contributed by atoms with E-state index in [0.717, 1.165) is 19.3 Å². The number of aliphatic hydroxyl groups is 1. The number of hydrogen-bond acceptors (Lipinski definition) is 3. The van der Waals surface area contributed by atoms with Crippen LogP contribution >= 0.6 is 0 Å². The number of carbonyl (C=O) groups is 1. The lowest BCUT2D eigenvalue weighted by molar-refractivity contribution is -0.158. The van der Waals surface area contributed by atoms with Gasteiger partial charge in [0, 0.05) is 6.04 Å². The highest BCUT2D eigenvalue weighted by Gasteiger charge is 2.47. The molecule has 0 aromatic heterocycles. The number of amides is 1. The number of β-amino-alcohol motifs (C(OH)–C–C–N with tert-alkyl or cyclic N) is 1. The lowest BCUT2D eigenvalue weighted by atomic mass is 9.84. The van der Waals surface area contributed by atoms with Gasteiger partial charge in [0.05, 0.1) is 24.7 Å². The van der Waals surface area contributed by atoms with Crippen molar-refractivity contribution in [1.82, 2.24) is 10.2 Å². The van der Waals surface area contributed by atoms with Crippen molar-refractivity contribution in [1.29, 1.82) is 0 Å². The topological polar surface area (TPSA) is 52.6 Å². The predicted octanol–water partition coefficient (Wildman–Crippen LogP) is 1.28. The molecular formula is C15H26N2O2. The molecule has 4 nitrogen and oxygen atoms in total. The van der Waals surface area contributed by atoms with Crippen molar-refractivity contribution >= 4 is 5.91 Å². The monoisotopic (exact) mass is 266 g/mol. The van der Waals surface area contributed by atoms with Gasteiger partial charge in [-0.05, 0) is 31.6 Å². The summed E-state index contributed by atoms with van der Waals surface area (Å²) in [7, 11) is 0. The van der Waals surface area contributed by atoms with E-state index in [4.69, 9.17) is 0 Å². The van der Waals surface area contributed by atoms with Crippen LogP contribution in [0.1, 0.15) is 51.9 Å². The van der Waals surface area contributed by atoms with Gasteiger partial charge in [0.1, 0.15) is 0 Å². The number of carbonyl (C=O) groups excluding carboxylic acids is 1. The minimum Gasteiger partial charge on any atom is -0.386 e. The molecule has 108 valence electrons. The van der Waals surface area contributed by atoms with Gasteiger partial charge in [-0.2, -0.15) is 0 Å². The van der Waals surface area contributed by atoms with E-state index in [0.29, 0.717) is 25.0 Å². The van der Waals surface area contributed by atoms with Crippen molar-refractivity contribution in [3.05, 3.63) is 0 Å². The molecule has 3 rings (SSSR count). The van der Waals surface area contributed by atoms with Crippen LogP contribution in [0.2, 0.25) is 0 Å². The molecule has 1 saturated carbocycles. The normalized spacial score (nSPS) is 36.7. The molecule has 2 saturated heterocycles. The van der Waals surface area contributed by atoms with Crippen LogP contribution in [0.4, 0.5) is 0 Å². The molecule has 0 radical (unpaired) electrons. The molecule has 3 aliphatic rings. The summed E-state index contributed by atoms with van der Waals surface area (Å²) in [6.45, 7) is 3.14. The Hall–Kier alpha value is -0.610. The first kappa shape index (κ1) is 13.4. The van der Waals surface area contributed by atoms with Crippen LogP contribution in [-0.2, 0) is 4.79 Å². The summed E-state index contributed by atoms with van der Waals surface area (Å²) in [5.74, 6) is 0.925. The third kappa shape index (κ3) is 2.52. The fourth-order valence-electron chi connectivity index (χ4n) is 4.17. The van der Waals surface area contributed by atoms with Gasteiger partial charge in [0.25, 0.3) is 0 Å². The lowest BCUT2D eigenvalue weighted by Gasteiger charge is -2.47. The maximum absolute atomic E-state index is 12.4. The second-order valence-corrected chi connectivity index (χ2v) is 6.77. The molecule has 2 aliphatic heterocycles. The molecule has 0 aromatic carbocycles. The number of nitrogens with one attached hydrogen (secondary N) is 1. The fraction of sp³-hybridized carbons (Fsp3) is 0.933. The van der Waals surface area contributed by atoms with Gasteiger partial charge in [-0.1, -0.05) is 26.2 Å². The van der Waals surface area contributed by atoms with E-state index < -0.39 is 5.60 Å². The highest BCUT2D eigenvalue weighted by molar-refractivity contribution is 5.83. The zero-order valence-electron chi connectivity index (χ0n) is 11.9. The maximum Gasteiger partial charge on any atom is 0.239 e. The molecule has 1 aliphatic carbocycles. The minimum absolute atomic E-state index is 0.0132. The maximum atomic E-state index is 12.4. The summed E-state index contributed by atoms with van der Waals surface area (Å²) in [4.78, 5) is 14.3. The number of rotatable bonds is 3. The largest absolute Gasteiger partial charge is 0.386 e. The van der Waals surface area contributed by atoms with E-state index in [2.05, 4.69) is 12.2 Å². The van der Waals surface area contributed by atoms with Gasteiger partial charge < -0.3 is 15.3 Å². The number of hydrogen-bond donors (Lipinski definition) is 2. The van der Waals surface area contributed by atoms with Gasteiger partial charge in [0.15, 0.2) is 0 Å². The Morgan fingerprint density at radius 1 is 1.37 bits per heavy atom. The first-order valence-electron chi connectivity index (χ1n) is 7.88. The number of nitrogens with zero attached hydrogens (tertiary/aromatic N) is 1. The third-order valence-corrected chi connectivity index (χ3v) is 5.16. The molecule has 2 N–H and O–H groups in total.